The third-order valence-corrected chi connectivity index (χ3v) is 3.40. The number of furan rings is 1. The fourth-order valence-corrected chi connectivity index (χ4v) is 2.38. The lowest BCUT2D eigenvalue weighted by molar-refractivity contribution is 0.0915. The molecule has 0 aliphatic carbocycles. The minimum absolute atomic E-state index is 0.296. The standard InChI is InChI=1S/C13H17N3O3/c17-8-13(18)12-5-11-7-15(2-3-16(11)14-12)6-10-1-4-19-9-10/h1,4-5,9,13,17-18H,2-3,6-8H2/t13-/m0/s1. The molecule has 0 saturated heterocycles. The predicted molar refractivity (Wildman–Crippen MR) is 67.1 cm³/mol. The third-order valence-electron chi connectivity index (χ3n) is 3.40. The Morgan fingerprint density at radius 2 is 2.32 bits per heavy atom. The highest BCUT2D eigenvalue weighted by molar-refractivity contribution is 5.15. The monoisotopic (exact) mass is 263 g/mol. The Morgan fingerprint density at radius 1 is 1.42 bits per heavy atom. The van der Waals surface area contributed by atoms with Gasteiger partial charge in [-0.15, -0.1) is 0 Å². The van der Waals surface area contributed by atoms with Gasteiger partial charge in [0.1, 0.15) is 6.10 Å². The summed E-state index contributed by atoms with van der Waals surface area (Å²) in [5.74, 6) is 0. The molecule has 1 aliphatic rings. The van der Waals surface area contributed by atoms with E-state index in [1.165, 1.54) is 0 Å². The summed E-state index contributed by atoms with van der Waals surface area (Å²) in [6.07, 6.45) is 2.55. The normalized spacial score (nSPS) is 17.4. The van der Waals surface area contributed by atoms with Crippen molar-refractivity contribution in [1.29, 1.82) is 0 Å². The van der Waals surface area contributed by atoms with Gasteiger partial charge in [-0.3, -0.25) is 9.58 Å². The Hall–Kier alpha value is -1.63. The van der Waals surface area contributed by atoms with Crippen molar-refractivity contribution in [2.75, 3.05) is 13.2 Å². The molecule has 1 aliphatic heterocycles. The van der Waals surface area contributed by atoms with Gasteiger partial charge >= 0.3 is 0 Å². The molecule has 0 spiro atoms. The molecule has 3 rings (SSSR count). The molecular formula is C13H17N3O3. The van der Waals surface area contributed by atoms with Crippen LogP contribution in [0.1, 0.15) is 23.1 Å². The maximum absolute atomic E-state index is 9.60. The number of hydrogen-bond donors (Lipinski definition) is 2. The van der Waals surface area contributed by atoms with E-state index in [-0.39, 0.29) is 6.61 Å². The molecule has 19 heavy (non-hydrogen) atoms. The first-order valence-electron chi connectivity index (χ1n) is 6.35. The van der Waals surface area contributed by atoms with Gasteiger partial charge in [0.05, 0.1) is 37.1 Å². The second-order valence-electron chi connectivity index (χ2n) is 4.82. The summed E-state index contributed by atoms with van der Waals surface area (Å²) in [5, 5.41) is 22.9. The summed E-state index contributed by atoms with van der Waals surface area (Å²) in [6, 6.07) is 3.83. The van der Waals surface area contributed by atoms with Crippen molar-refractivity contribution in [1.82, 2.24) is 14.7 Å². The minimum Gasteiger partial charge on any atom is -0.472 e. The lowest BCUT2D eigenvalue weighted by Crippen LogP contribution is -2.33. The number of fused-ring (bicyclic) bond motifs is 1. The van der Waals surface area contributed by atoms with Gasteiger partial charge < -0.3 is 14.6 Å². The largest absolute Gasteiger partial charge is 0.472 e. The maximum atomic E-state index is 9.60. The van der Waals surface area contributed by atoms with Gasteiger partial charge in [-0.25, -0.2) is 0 Å². The average molecular weight is 263 g/mol. The fourth-order valence-electron chi connectivity index (χ4n) is 2.38. The highest BCUT2D eigenvalue weighted by Gasteiger charge is 2.20. The number of nitrogens with zero attached hydrogens (tertiary/aromatic N) is 3. The summed E-state index contributed by atoms with van der Waals surface area (Å²) in [5.41, 5.74) is 2.77. The molecule has 1 atom stereocenters. The molecule has 0 bridgehead atoms. The second-order valence-corrected chi connectivity index (χ2v) is 4.82. The summed E-state index contributed by atoms with van der Waals surface area (Å²) >= 11 is 0. The molecule has 0 unspecified atom stereocenters. The molecule has 0 amide bonds. The van der Waals surface area contributed by atoms with Crippen LogP contribution in [0.5, 0.6) is 0 Å². The summed E-state index contributed by atoms with van der Waals surface area (Å²) in [7, 11) is 0. The van der Waals surface area contributed by atoms with Crippen LogP contribution in [0, 0.1) is 0 Å². The molecule has 0 radical (unpaired) electrons. The molecule has 6 heteroatoms. The number of aliphatic hydroxyl groups is 2. The van der Waals surface area contributed by atoms with Crippen molar-refractivity contribution >= 4 is 0 Å². The molecule has 2 aromatic rings. The average Bonchev–Trinajstić information content (AvgIpc) is 3.06. The fraction of sp³-hybridized carbons (Fsp3) is 0.462. The Bertz CT molecular complexity index is 535. The highest BCUT2D eigenvalue weighted by atomic mass is 16.3. The van der Waals surface area contributed by atoms with E-state index in [1.54, 1.807) is 12.5 Å². The molecular weight excluding hydrogens is 246 g/mol. The van der Waals surface area contributed by atoms with E-state index in [0.717, 1.165) is 37.4 Å². The van der Waals surface area contributed by atoms with Crippen molar-refractivity contribution in [3.63, 3.8) is 0 Å². The zero-order chi connectivity index (χ0) is 13.2. The van der Waals surface area contributed by atoms with Crippen molar-refractivity contribution in [2.24, 2.45) is 0 Å². The van der Waals surface area contributed by atoms with Gasteiger partial charge in [0.15, 0.2) is 0 Å². The van der Waals surface area contributed by atoms with Crippen LogP contribution in [-0.4, -0.2) is 38.0 Å². The Kier molecular flexibility index (Phi) is 3.37. The van der Waals surface area contributed by atoms with E-state index in [4.69, 9.17) is 9.52 Å². The van der Waals surface area contributed by atoms with Crippen LogP contribution in [0.4, 0.5) is 0 Å². The van der Waals surface area contributed by atoms with E-state index in [0.29, 0.717) is 5.69 Å². The van der Waals surface area contributed by atoms with Gasteiger partial charge in [-0.05, 0) is 12.1 Å². The van der Waals surface area contributed by atoms with Gasteiger partial charge in [0, 0.05) is 25.2 Å². The zero-order valence-electron chi connectivity index (χ0n) is 10.6. The van der Waals surface area contributed by atoms with Gasteiger partial charge in [-0.2, -0.15) is 5.10 Å². The molecule has 0 saturated carbocycles. The van der Waals surface area contributed by atoms with Crippen LogP contribution in [0.3, 0.4) is 0 Å². The first-order valence-corrected chi connectivity index (χ1v) is 6.35. The van der Waals surface area contributed by atoms with E-state index in [9.17, 15) is 5.11 Å². The van der Waals surface area contributed by atoms with E-state index < -0.39 is 6.10 Å². The SMILES string of the molecule is OC[C@H](O)c1cc2n(n1)CCN(Cc1ccoc1)C2. The van der Waals surface area contributed by atoms with E-state index >= 15 is 0 Å². The summed E-state index contributed by atoms with van der Waals surface area (Å²) < 4.78 is 6.97. The number of rotatable bonds is 4. The number of aromatic nitrogens is 2. The van der Waals surface area contributed by atoms with E-state index in [2.05, 4.69) is 10.00 Å². The predicted octanol–water partition coefficient (Wildman–Crippen LogP) is 0.518. The quantitative estimate of drug-likeness (QED) is 0.841. The van der Waals surface area contributed by atoms with Gasteiger partial charge in [-0.1, -0.05) is 0 Å². The Morgan fingerprint density at radius 3 is 3.05 bits per heavy atom. The molecule has 3 heterocycles. The maximum Gasteiger partial charge on any atom is 0.121 e. The van der Waals surface area contributed by atoms with Crippen molar-refractivity contribution in [2.45, 2.75) is 25.7 Å². The topological polar surface area (TPSA) is 74.7 Å². The van der Waals surface area contributed by atoms with Crippen molar-refractivity contribution < 1.29 is 14.6 Å². The Labute approximate surface area is 110 Å². The molecule has 6 nitrogen and oxygen atoms in total. The van der Waals surface area contributed by atoms with Crippen molar-refractivity contribution in [3.8, 4) is 0 Å². The van der Waals surface area contributed by atoms with E-state index in [1.807, 2.05) is 16.8 Å². The highest BCUT2D eigenvalue weighted by Crippen LogP contribution is 2.19. The van der Waals surface area contributed by atoms with Crippen LogP contribution < -0.4 is 0 Å². The minimum atomic E-state index is -0.888. The summed E-state index contributed by atoms with van der Waals surface area (Å²) in [4.78, 5) is 2.30. The first kappa shape index (κ1) is 12.4. The number of hydrogen-bond acceptors (Lipinski definition) is 5. The molecule has 2 N–H and O–H groups in total. The lowest BCUT2D eigenvalue weighted by Gasteiger charge is -2.26. The van der Waals surface area contributed by atoms with Crippen LogP contribution in [0.2, 0.25) is 0 Å². The third kappa shape index (κ3) is 2.56. The van der Waals surface area contributed by atoms with Crippen LogP contribution in [0.25, 0.3) is 0 Å². The Balaban J connectivity index is 1.71. The van der Waals surface area contributed by atoms with Gasteiger partial charge in [0.25, 0.3) is 0 Å². The molecule has 0 aromatic carbocycles. The first-order chi connectivity index (χ1) is 9.26. The molecule has 2 aromatic heterocycles. The van der Waals surface area contributed by atoms with Crippen LogP contribution in [0.15, 0.2) is 29.1 Å². The molecule has 102 valence electrons. The lowest BCUT2D eigenvalue weighted by atomic mass is 10.2. The smallest absolute Gasteiger partial charge is 0.121 e. The second kappa shape index (κ2) is 5.16. The van der Waals surface area contributed by atoms with Gasteiger partial charge in [0.2, 0.25) is 0 Å². The van der Waals surface area contributed by atoms with Crippen LogP contribution in [-0.2, 0) is 19.6 Å². The van der Waals surface area contributed by atoms with Crippen molar-refractivity contribution in [3.05, 3.63) is 41.6 Å². The van der Waals surface area contributed by atoms with Crippen LogP contribution >= 0.6 is 0 Å². The number of aliphatic hydroxyl groups excluding tert-OH is 2. The zero-order valence-corrected chi connectivity index (χ0v) is 10.6. The molecule has 0 fully saturated rings. The summed E-state index contributed by atoms with van der Waals surface area (Å²) in [6.45, 7) is 3.05.